The monoisotopic (exact) mass is 517 g/mol. The molecule has 168 valence electrons. The van der Waals surface area contributed by atoms with Gasteiger partial charge in [-0.05, 0) is 54.1 Å². The summed E-state index contributed by atoms with van der Waals surface area (Å²) >= 11 is 3.40. The maximum Gasteiger partial charge on any atom is 0.433 e. The van der Waals surface area contributed by atoms with E-state index in [9.17, 15) is 18.0 Å². The van der Waals surface area contributed by atoms with Crippen molar-refractivity contribution in [2.75, 3.05) is 5.32 Å². The predicted octanol–water partition coefficient (Wildman–Crippen LogP) is 5.92. The lowest BCUT2D eigenvalue weighted by Crippen LogP contribution is -2.28. The van der Waals surface area contributed by atoms with Crippen LogP contribution in [-0.2, 0) is 12.7 Å². The quantitative estimate of drug-likeness (QED) is 0.343. The molecule has 2 heterocycles. The highest BCUT2D eigenvalue weighted by Gasteiger charge is 2.31. The number of aromatic nitrogens is 3. The van der Waals surface area contributed by atoms with Crippen LogP contribution in [0.3, 0.4) is 0 Å². The Bertz CT molecular complexity index is 1280. The van der Waals surface area contributed by atoms with E-state index >= 15 is 0 Å². The molecule has 0 unspecified atom stereocenters. The number of fused-ring (bicyclic) bond motifs is 1. The van der Waals surface area contributed by atoms with Gasteiger partial charge in [-0.3, -0.25) is 4.98 Å². The van der Waals surface area contributed by atoms with Crippen molar-refractivity contribution in [2.45, 2.75) is 12.7 Å². The van der Waals surface area contributed by atoms with E-state index in [4.69, 9.17) is 4.74 Å². The Hall–Kier alpha value is -3.73. The molecular weight excluding hydrogens is 503 g/mol. The van der Waals surface area contributed by atoms with Gasteiger partial charge in [0, 0.05) is 22.9 Å². The normalized spacial score (nSPS) is 11.3. The molecule has 2 N–H and O–H groups in total. The molecule has 0 radical (unpaired) electrons. The number of halogens is 4. The summed E-state index contributed by atoms with van der Waals surface area (Å²) in [5, 5.41) is 5.95. The molecule has 4 aromatic rings. The summed E-state index contributed by atoms with van der Waals surface area (Å²) in [5.41, 5.74) is 0.682. The van der Waals surface area contributed by atoms with Gasteiger partial charge in [-0.15, -0.1) is 0 Å². The number of pyridine rings is 1. The molecule has 0 fully saturated rings. The first-order valence-electron chi connectivity index (χ1n) is 9.53. The SMILES string of the molecule is O=C(NCc1ccc(C(F)(F)F)nc1)Nc1ccc(Oc2ncnc3cc(Br)ccc23)cc1. The van der Waals surface area contributed by atoms with Crippen molar-refractivity contribution < 1.29 is 22.7 Å². The minimum Gasteiger partial charge on any atom is -0.438 e. The van der Waals surface area contributed by atoms with Crippen LogP contribution in [-0.4, -0.2) is 21.0 Å². The van der Waals surface area contributed by atoms with Crippen molar-refractivity contribution >= 4 is 38.6 Å². The zero-order chi connectivity index (χ0) is 23.4. The number of carbonyl (C=O) groups excluding carboxylic acids is 1. The van der Waals surface area contributed by atoms with E-state index in [0.29, 0.717) is 22.9 Å². The summed E-state index contributed by atoms with van der Waals surface area (Å²) < 4.78 is 44.4. The summed E-state index contributed by atoms with van der Waals surface area (Å²) in [7, 11) is 0. The number of benzene rings is 2. The molecule has 0 aliphatic rings. The molecule has 7 nitrogen and oxygen atoms in total. The summed E-state index contributed by atoms with van der Waals surface area (Å²) in [6.07, 6.45) is -2.02. The molecule has 33 heavy (non-hydrogen) atoms. The van der Waals surface area contributed by atoms with Gasteiger partial charge >= 0.3 is 12.2 Å². The molecule has 0 aliphatic heterocycles. The molecule has 2 amide bonds. The lowest BCUT2D eigenvalue weighted by atomic mass is 10.2. The molecule has 2 aromatic heterocycles. The number of nitrogens with one attached hydrogen (secondary N) is 2. The highest BCUT2D eigenvalue weighted by atomic mass is 79.9. The van der Waals surface area contributed by atoms with Crippen LogP contribution < -0.4 is 15.4 Å². The summed E-state index contributed by atoms with van der Waals surface area (Å²) in [6.45, 7) is 0.0229. The van der Waals surface area contributed by atoms with Crippen molar-refractivity contribution in [1.82, 2.24) is 20.3 Å². The maximum atomic E-state index is 12.6. The van der Waals surface area contributed by atoms with E-state index in [0.717, 1.165) is 27.6 Å². The molecule has 0 spiro atoms. The number of nitrogens with zero attached hydrogens (tertiary/aromatic N) is 3. The average Bonchev–Trinajstić information content (AvgIpc) is 2.79. The topological polar surface area (TPSA) is 89.0 Å². The standard InChI is InChI=1S/C22H15BrF3N5O2/c23-14-2-7-17-18(9-14)29-12-30-20(17)33-16-5-3-15(4-6-16)31-21(32)28-11-13-1-8-19(27-10-13)22(24,25)26/h1-10,12H,11H2,(H2,28,31,32). The van der Waals surface area contributed by atoms with Crippen molar-refractivity contribution in [2.24, 2.45) is 0 Å². The average molecular weight is 518 g/mol. The molecule has 0 aliphatic carbocycles. The van der Waals surface area contributed by atoms with E-state index in [2.05, 4.69) is 41.5 Å². The van der Waals surface area contributed by atoms with Crippen LogP contribution >= 0.6 is 15.9 Å². The third-order valence-electron chi connectivity index (χ3n) is 4.46. The highest BCUT2D eigenvalue weighted by molar-refractivity contribution is 9.10. The lowest BCUT2D eigenvalue weighted by Gasteiger charge is -2.10. The zero-order valence-electron chi connectivity index (χ0n) is 16.7. The second-order valence-corrected chi connectivity index (χ2v) is 7.74. The van der Waals surface area contributed by atoms with Gasteiger partial charge < -0.3 is 15.4 Å². The summed E-state index contributed by atoms with van der Waals surface area (Å²) in [5.74, 6) is 0.913. The third-order valence-corrected chi connectivity index (χ3v) is 4.95. The third kappa shape index (κ3) is 5.75. The largest absolute Gasteiger partial charge is 0.438 e. The Morgan fingerprint density at radius 1 is 1.00 bits per heavy atom. The fourth-order valence-corrected chi connectivity index (χ4v) is 3.21. The maximum absolute atomic E-state index is 12.6. The number of anilines is 1. The fraction of sp³-hybridized carbons (Fsp3) is 0.0909. The number of amides is 2. The molecule has 0 saturated heterocycles. The van der Waals surface area contributed by atoms with E-state index in [1.807, 2.05) is 18.2 Å². The number of hydrogen-bond donors (Lipinski definition) is 2. The van der Waals surface area contributed by atoms with E-state index in [-0.39, 0.29) is 6.54 Å². The number of urea groups is 1. The van der Waals surface area contributed by atoms with Crippen LogP contribution in [0, 0.1) is 0 Å². The number of ether oxygens (including phenoxy) is 1. The second-order valence-electron chi connectivity index (χ2n) is 6.82. The molecular formula is C22H15BrF3N5O2. The number of carbonyl (C=O) groups is 1. The first kappa shape index (κ1) is 22.5. The van der Waals surface area contributed by atoms with Crippen molar-refractivity contribution in [1.29, 1.82) is 0 Å². The minimum atomic E-state index is -4.50. The van der Waals surface area contributed by atoms with Crippen molar-refractivity contribution in [3.8, 4) is 11.6 Å². The van der Waals surface area contributed by atoms with Gasteiger partial charge in [0.15, 0.2) is 0 Å². The van der Waals surface area contributed by atoms with Gasteiger partial charge in [0.25, 0.3) is 0 Å². The molecule has 4 rings (SSSR count). The van der Waals surface area contributed by atoms with E-state index in [1.165, 1.54) is 12.4 Å². The Labute approximate surface area is 194 Å². The van der Waals surface area contributed by atoms with Gasteiger partial charge in [0.2, 0.25) is 5.88 Å². The molecule has 0 bridgehead atoms. The Morgan fingerprint density at radius 2 is 1.79 bits per heavy atom. The van der Waals surface area contributed by atoms with E-state index < -0.39 is 17.9 Å². The lowest BCUT2D eigenvalue weighted by molar-refractivity contribution is -0.141. The van der Waals surface area contributed by atoms with Gasteiger partial charge in [0.1, 0.15) is 17.8 Å². The van der Waals surface area contributed by atoms with Crippen molar-refractivity contribution in [3.63, 3.8) is 0 Å². The smallest absolute Gasteiger partial charge is 0.433 e. The van der Waals surface area contributed by atoms with Crippen LogP contribution in [0.25, 0.3) is 10.9 Å². The Morgan fingerprint density at radius 3 is 2.48 bits per heavy atom. The first-order valence-corrected chi connectivity index (χ1v) is 10.3. The zero-order valence-corrected chi connectivity index (χ0v) is 18.3. The summed E-state index contributed by atoms with van der Waals surface area (Å²) in [4.78, 5) is 23.8. The number of hydrogen-bond acceptors (Lipinski definition) is 5. The number of rotatable bonds is 5. The molecule has 2 aromatic carbocycles. The first-order chi connectivity index (χ1) is 15.8. The van der Waals surface area contributed by atoms with Crippen LogP contribution in [0.5, 0.6) is 11.6 Å². The minimum absolute atomic E-state index is 0.0229. The van der Waals surface area contributed by atoms with Crippen molar-refractivity contribution in [3.05, 3.63) is 82.9 Å². The fourth-order valence-electron chi connectivity index (χ4n) is 2.86. The van der Waals surface area contributed by atoms with Crippen LogP contribution in [0.15, 0.2) is 71.6 Å². The molecule has 0 saturated carbocycles. The van der Waals surface area contributed by atoms with Crippen LogP contribution in [0.1, 0.15) is 11.3 Å². The predicted molar refractivity (Wildman–Crippen MR) is 119 cm³/mol. The summed E-state index contributed by atoms with van der Waals surface area (Å²) in [6, 6.07) is 13.8. The molecule has 0 atom stereocenters. The van der Waals surface area contributed by atoms with Crippen LogP contribution in [0.2, 0.25) is 0 Å². The Kier molecular flexibility index (Phi) is 6.40. The van der Waals surface area contributed by atoms with Gasteiger partial charge in [-0.1, -0.05) is 22.0 Å². The Balaban J connectivity index is 1.34. The van der Waals surface area contributed by atoms with Gasteiger partial charge in [0.05, 0.1) is 10.9 Å². The number of alkyl halides is 3. The van der Waals surface area contributed by atoms with Crippen LogP contribution in [0.4, 0.5) is 23.7 Å². The second kappa shape index (κ2) is 9.41. The van der Waals surface area contributed by atoms with E-state index in [1.54, 1.807) is 24.3 Å². The molecule has 11 heteroatoms. The van der Waals surface area contributed by atoms with Gasteiger partial charge in [-0.25, -0.2) is 14.8 Å². The highest BCUT2D eigenvalue weighted by Crippen LogP contribution is 2.29. The van der Waals surface area contributed by atoms with Gasteiger partial charge in [-0.2, -0.15) is 13.2 Å².